The Hall–Kier alpha value is -0.830. The minimum Gasteiger partial charge on any atom is -0.458 e. The van der Waals surface area contributed by atoms with Gasteiger partial charge in [0, 0.05) is 11.5 Å². The average molecular weight is 357 g/mol. The molecule has 3 heteroatoms. The molecule has 2 aliphatic heterocycles. The van der Waals surface area contributed by atoms with Gasteiger partial charge >= 0.3 is 5.97 Å². The van der Waals surface area contributed by atoms with Gasteiger partial charge in [0.1, 0.15) is 6.61 Å². The lowest BCUT2D eigenvalue weighted by Crippen LogP contribution is -2.59. The highest BCUT2D eigenvalue weighted by molar-refractivity contribution is 5.85. The molecule has 142 valence electrons. The van der Waals surface area contributed by atoms with Crippen molar-refractivity contribution >= 4 is 5.97 Å². The summed E-state index contributed by atoms with van der Waals surface area (Å²) in [5.74, 6) is 2.82. The standard InChI is InChI=1S/C23H32O3/c1-21-10-8-19-22-9-3-2-4-16(22)7-11-23(19,26-14-22)18(21)6-5-17(21)15-12-20(24)25-13-15/h12,16-19H,2-11,13-14H2,1H3/t16?,17-,18+,19-,21-,22-,23-/m1/s1. The summed E-state index contributed by atoms with van der Waals surface area (Å²) < 4.78 is 12.2. The molecule has 26 heavy (non-hydrogen) atoms. The van der Waals surface area contributed by atoms with Gasteiger partial charge in [-0.15, -0.1) is 0 Å². The lowest BCUT2D eigenvalue weighted by molar-refractivity contribution is -0.157. The van der Waals surface area contributed by atoms with Gasteiger partial charge in [-0.2, -0.15) is 0 Å². The number of hydrogen-bond acceptors (Lipinski definition) is 3. The first kappa shape index (κ1) is 16.2. The van der Waals surface area contributed by atoms with E-state index in [1.54, 1.807) is 6.08 Å². The SMILES string of the molecule is C[C@]12CC[C@@H]3[C@@]45CCCCC4CC[C@@]3(OC5)[C@H]1CC[C@@H]2C1=CC(=O)OC1. The van der Waals surface area contributed by atoms with Crippen LogP contribution in [0, 0.1) is 34.5 Å². The Morgan fingerprint density at radius 3 is 2.77 bits per heavy atom. The molecule has 0 aromatic carbocycles. The van der Waals surface area contributed by atoms with Crippen LogP contribution in [0.5, 0.6) is 0 Å². The maximum Gasteiger partial charge on any atom is 0.331 e. The van der Waals surface area contributed by atoms with Gasteiger partial charge in [-0.25, -0.2) is 4.79 Å². The second-order valence-corrected chi connectivity index (χ2v) is 10.6. The number of carbonyl (C=O) groups is 1. The number of fused-ring (bicyclic) bond motifs is 1. The van der Waals surface area contributed by atoms with E-state index >= 15 is 0 Å². The summed E-state index contributed by atoms with van der Waals surface area (Å²) in [6.07, 6.45) is 15.4. The zero-order chi connectivity index (χ0) is 17.6. The zero-order valence-corrected chi connectivity index (χ0v) is 16.1. The topological polar surface area (TPSA) is 35.5 Å². The molecule has 1 saturated heterocycles. The molecule has 0 N–H and O–H groups in total. The lowest BCUT2D eigenvalue weighted by atomic mass is 9.44. The molecule has 2 heterocycles. The Bertz CT molecular complexity index is 679. The van der Waals surface area contributed by atoms with E-state index in [-0.39, 0.29) is 11.6 Å². The van der Waals surface area contributed by atoms with Gasteiger partial charge in [-0.1, -0.05) is 19.8 Å². The highest BCUT2D eigenvalue weighted by Crippen LogP contribution is 2.73. The van der Waals surface area contributed by atoms with Crippen molar-refractivity contribution in [3.05, 3.63) is 11.6 Å². The molecule has 0 aromatic rings. The van der Waals surface area contributed by atoms with Crippen LogP contribution in [0.3, 0.4) is 0 Å². The molecule has 6 aliphatic rings. The third-order valence-corrected chi connectivity index (χ3v) is 10.1. The Balaban J connectivity index is 1.38. The van der Waals surface area contributed by atoms with E-state index in [2.05, 4.69) is 6.92 Å². The molecule has 2 bridgehead atoms. The molecule has 5 fully saturated rings. The molecule has 0 radical (unpaired) electrons. The Kier molecular flexibility index (Phi) is 3.20. The molecule has 1 spiro atoms. The Labute approximate surface area is 156 Å². The second kappa shape index (κ2) is 5.16. The quantitative estimate of drug-likeness (QED) is 0.642. The first-order valence-electron chi connectivity index (χ1n) is 11.1. The van der Waals surface area contributed by atoms with Crippen LogP contribution in [0.4, 0.5) is 0 Å². The van der Waals surface area contributed by atoms with Gasteiger partial charge in [0.05, 0.1) is 12.2 Å². The molecule has 6 rings (SSSR count). The highest BCUT2D eigenvalue weighted by Gasteiger charge is 2.72. The number of carbonyl (C=O) groups excluding carboxylic acids is 1. The number of cyclic esters (lactones) is 1. The molecular weight excluding hydrogens is 324 g/mol. The fourth-order valence-corrected chi connectivity index (χ4v) is 9.11. The molecule has 1 unspecified atom stereocenters. The summed E-state index contributed by atoms with van der Waals surface area (Å²) in [6, 6.07) is 0. The van der Waals surface area contributed by atoms with Crippen molar-refractivity contribution < 1.29 is 14.3 Å². The van der Waals surface area contributed by atoms with Crippen LogP contribution in [0.2, 0.25) is 0 Å². The minimum atomic E-state index is -0.127. The van der Waals surface area contributed by atoms with Crippen molar-refractivity contribution in [1.29, 1.82) is 0 Å². The number of esters is 1. The van der Waals surface area contributed by atoms with Crippen molar-refractivity contribution in [2.45, 2.75) is 76.7 Å². The summed E-state index contributed by atoms with van der Waals surface area (Å²) in [5, 5.41) is 0. The number of hydrogen-bond donors (Lipinski definition) is 0. The van der Waals surface area contributed by atoms with E-state index in [0.717, 1.165) is 18.4 Å². The van der Waals surface area contributed by atoms with E-state index < -0.39 is 0 Å². The Morgan fingerprint density at radius 1 is 1.00 bits per heavy atom. The minimum absolute atomic E-state index is 0.127. The highest BCUT2D eigenvalue weighted by atomic mass is 16.5. The summed E-state index contributed by atoms with van der Waals surface area (Å²) in [5.41, 5.74) is 2.24. The predicted molar refractivity (Wildman–Crippen MR) is 98.4 cm³/mol. The summed E-state index contributed by atoms with van der Waals surface area (Å²) in [6.45, 7) is 4.10. The predicted octanol–water partition coefficient (Wildman–Crippen LogP) is 4.65. The van der Waals surface area contributed by atoms with Crippen molar-refractivity contribution in [2.24, 2.45) is 34.5 Å². The van der Waals surface area contributed by atoms with Crippen LogP contribution in [-0.4, -0.2) is 24.8 Å². The third kappa shape index (κ3) is 1.77. The summed E-state index contributed by atoms with van der Waals surface area (Å²) >= 11 is 0. The van der Waals surface area contributed by atoms with Crippen molar-refractivity contribution in [3.63, 3.8) is 0 Å². The molecular formula is C23H32O3. The van der Waals surface area contributed by atoms with Crippen LogP contribution < -0.4 is 0 Å². The smallest absolute Gasteiger partial charge is 0.331 e. The molecule has 4 saturated carbocycles. The van der Waals surface area contributed by atoms with Gasteiger partial charge in [-0.3, -0.25) is 0 Å². The Morgan fingerprint density at radius 2 is 1.92 bits per heavy atom. The zero-order valence-electron chi connectivity index (χ0n) is 16.1. The van der Waals surface area contributed by atoms with E-state index in [4.69, 9.17) is 9.47 Å². The second-order valence-electron chi connectivity index (χ2n) is 10.6. The van der Waals surface area contributed by atoms with E-state index in [1.807, 2.05) is 0 Å². The number of ether oxygens (including phenoxy) is 2. The third-order valence-electron chi connectivity index (χ3n) is 10.1. The van der Waals surface area contributed by atoms with Crippen LogP contribution in [0.15, 0.2) is 11.6 Å². The fourth-order valence-electron chi connectivity index (χ4n) is 9.11. The first-order valence-corrected chi connectivity index (χ1v) is 11.1. The van der Waals surface area contributed by atoms with E-state index in [1.165, 1.54) is 69.8 Å². The molecule has 4 aliphatic carbocycles. The first-order chi connectivity index (χ1) is 12.6. The van der Waals surface area contributed by atoms with Crippen molar-refractivity contribution in [3.8, 4) is 0 Å². The van der Waals surface area contributed by atoms with E-state index in [0.29, 0.717) is 29.3 Å². The maximum atomic E-state index is 11.7. The van der Waals surface area contributed by atoms with Crippen LogP contribution >= 0.6 is 0 Å². The molecule has 7 atom stereocenters. The largest absolute Gasteiger partial charge is 0.458 e. The van der Waals surface area contributed by atoms with Crippen LogP contribution in [-0.2, 0) is 14.3 Å². The molecule has 0 aromatic heterocycles. The van der Waals surface area contributed by atoms with Gasteiger partial charge in [0.15, 0.2) is 0 Å². The number of rotatable bonds is 1. The van der Waals surface area contributed by atoms with E-state index in [9.17, 15) is 4.79 Å². The summed E-state index contributed by atoms with van der Waals surface area (Å²) in [4.78, 5) is 11.7. The monoisotopic (exact) mass is 356 g/mol. The average Bonchev–Trinajstić information content (AvgIpc) is 3.27. The van der Waals surface area contributed by atoms with Gasteiger partial charge < -0.3 is 9.47 Å². The van der Waals surface area contributed by atoms with Gasteiger partial charge in [0.25, 0.3) is 0 Å². The van der Waals surface area contributed by atoms with Crippen molar-refractivity contribution in [2.75, 3.05) is 13.2 Å². The lowest BCUT2D eigenvalue weighted by Gasteiger charge is -2.60. The van der Waals surface area contributed by atoms with Crippen LogP contribution in [0.1, 0.15) is 71.1 Å². The van der Waals surface area contributed by atoms with Gasteiger partial charge in [-0.05, 0) is 86.0 Å². The molecule has 3 nitrogen and oxygen atoms in total. The molecule has 0 amide bonds. The van der Waals surface area contributed by atoms with Crippen molar-refractivity contribution in [1.82, 2.24) is 0 Å². The normalized spacial score (nSPS) is 55.0. The fraction of sp³-hybridized carbons (Fsp3) is 0.870. The maximum absolute atomic E-state index is 11.7. The van der Waals surface area contributed by atoms with Crippen LogP contribution in [0.25, 0.3) is 0 Å². The van der Waals surface area contributed by atoms with Gasteiger partial charge in [0.2, 0.25) is 0 Å². The summed E-state index contributed by atoms with van der Waals surface area (Å²) in [7, 11) is 0.